The van der Waals surface area contributed by atoms with E-state index in [1.54, 1.807) is 18.2 Å². The molecule has 0 aromatic heterocycles. The van der Waals surface area contributed by atoms with Crippen molar-refractivity contribution in [2.75, 3.05) is 0 Å². The Morgan fingerprint density at radius 2 is 1.83 bits per heavy atom. The van der Waals surface area contributed by atoms with Crippen LogP contribution in [0.1, 0.15) is 5.56 Å². The van der Waals surface area contributed by atoms with Gasteiger partial charge in [-0.05, 0) is 29.8 Å². The monoisotopic (exact) mass is 302 g/mol. The van der Waals surface area contributed by atoms with Crippen molar-refractivity contribution < 1.29 is 9.53 Å². The standard InChI is InChI=1S/C15H11BrO2/c16-13-7-4-8-14(11-13)18-15(17)10-9-12-5-2-1-3-6-12/h1-11H. The van der Waals surface area contributed by atoms with Gasteiger partial charge in [0.2, 0.25) is 0 Å². The number of carbonyl (C=O) groups is 1. The van der Waals surface area contributed by atoms with Gasteiger partial charge in [0.25, 0.3) is 0 Å². The van der Waals surface area contributed by atoms with Gasteiger partial charge < -0.3 is 4.74 Å². The summed E-state index contributed by atoms with van der Waals surface area (Å²) in [7, 11) is 0. The molecule has 0 unspecified atom stereocenters. The average molecular weight is 303 g/mol. The molecule has 0 spiro atoms. The van der Waals surface area contributed by atoms with Crippen LogP contribution in [0, 0.1) is 0 Å². The summed E-state index contributed by atoms with van der Waals surface area (Å²) in [5.74, 6) is 0.129. The van der Waals surface area contributed by atoms with Crippen molar-refractivity contribution in [2.24, 2.45) is 0 Å². The molecule has 0 atom stereocenters. The fraction of sp³-hybridized carbons (Fsp3) is 0. The second-order valence-corrected chi connectivity index (χ2v) is 4.54. The van der Waals surface area contributed by atoms with E-state index in [0.29, 0.717) is 5.75 Å². The molecule has 18 heavy (non-hydrogen) atoms. The molecule has 2 aromatic carbocycles. The Morgan fingerprint density at radius 1 is 1.06 bits per heavy atom. The summed E-state index contributed by atoms with van der Waals surface area (Å²) < 4.78 is 6.04. The quantitative estimate of drug-likeness (QED) is 0.485. The lowest BCUT2D eigenvalue weighted by molar-refractivity contribution is -0.128. The first-order valence-electron chi connectivity index (χ1n) is 5.44. The Morgan fingerprint density at radius 3 is 2.56 bits per heavy atom. The topological polar surface area (TPSA) is 26.3 Å². The number of hydrogen-bond donors (Lipinski definition) is 0. The molecule has 0 saturated heterocycles. The lowest BCUT2D eigenvalue weighted by Crippen LogP contribution is -2.03. The van der Waals surface area contributed by atoms with Crippen molar-refractivity contribution in [3.05, 3.63) is 70.7 Å². The van der Waals surface area contributed by atoms with Crippen molar-refractivity contribution in [3.63, 3.8) is 0 Å². The van der Waals surface area contributed by atoms with Crippen LogP contribution in [-0.2, 0) is 4.79 Å². The van der Waals surface area contributed by atoms with E-state index in [4.69, 9.17) is 4.74 Å². The van der Waals surface area contributed by atoms with E-state index in [-0.39, 0.29) is 0 Å². The van der Waals surface area contributed by atoms with Crippen molar-refractivity contribution in [2.45, 2.75) is 0 Å². The molecular weight excluding hydrogens is 292 g/mol. The van der Waals surface area contributed by atoms with Crippen molar-refractivity contribution in [1.82, 2.24) is 0 Å². The van der Waals surface area contributed by atoms with Crippen LogP contribution in [0.3, 0.4) is 0 Å². The van der Waals surface area contributed by atoms with Gasteiger partial charge in [-0.2, -0.15) is 0 Å². The van der Waals surface area contributed by atoms with Gasteiger partial charge in [0, 0.05) is 10.5 Å². The van der Waals surface area contributed by atoms with E-state index in [1.165, 1.54) is 6.08 Å². The number of benzene rings is 2. The molecular formula is C15H11BrO2. The highest BCUT2D eigenvalue weighted by Gasteiger charge is 2.00. The largest absolute Gasteiger partial charge is 0.423 e. The maximum atomic E-state index is 11.6. The summed E-state index contributed by atoms with van der Waals surface area (Å²) in [5.41, 5.74) is 0.962. The molecule has 0 aliphatic rings. The molecule has 0 fully saturated rings. The Balaban J connectivity index is 1.99. The van der Waals surface area contributed by atoms with Crippen molar-refractivity contribution in [3.8, 4) is 5.75 Å². The minimum atomic E-state index is -0.392. The summed E-state index contributed by atoms with van der Waals surface area (Å²) in [6.07, 6.45) is 3.14. The maximum absolute atomic E-state index is 11.6. The summed E-state index contributed by atoms with van der Waals surface area (Å²) in [5, 5.41) is 0. The van der Waals surface area contributed by atoms with Crippen molar-refractivity contribution >= 4 is 28.0 Å². The van der Waals surface area contributed by atoms with Crippen LogP contribution in [0.5, 0.6) is 5.75 Å². The van der Waals surface area contributed by atoms with Gasteiger partial charge in [-0.3, -0.25) is 0 Å². The lowest BCUT2D eigenvalue weighted by atomic mass is 10.2. The molecule has 0 radical (unpaired) electrons. The van der Waals surface area contributed by atoms with Gasteiger partial charge >= 0.3 is 5.97 Å². The van der Waals surface area contributed by atoms with Crippen LogP contribution < -0.4 is 4.74 Å². The second-order valence-electron chi connectivity index (χ2n) is 3.62. The van der Waals surface area contributed by atoms with Gasteiger partial charge in [0.1, 0.15) is 5.75 Å². The molecule has 0 aliphatic heterocycles. The van der Waals surface area contributed by atoms with Gasteiger partial charge in [0.05, 0.1) is 0 Å². The number of carbonyl (C=O) groups excluding carboxylic acids is 1. The van der Waals surface area contributed by atoms with Gasteiger partial charge in [-0.1, -0.05) is 52.3 Å². The third-order valence-corrected chi connectivity index (χ3v) is 2.72. The van der Waals surface area contributed by atoms with Crippen LogP contribution in [0.25, 0.3) is 6.08 Å². The lowest BCUT2D eigenvalue weighted by Gasteiger charge is -2.01. The second kappa shape index (κ2) is 6.17. The van der Waals surface area contributed by atoms with Gasteiger partial charge in [-0.25, -0.2) is 4.79 Å². The van der Waals surface area contributed by atoms with E-state index >= 15 is 0 Å². The van der Waals surface area contributed by atoms with Crippen LogP contribution in [0.2, 0.25) is 0 Å². The Bertz CT molecular complexity index is 562. The summed E-state index contributed by atoms with van der Waals surface area (Å²) in [6, 6.07) is 16.8. The van der Waals surface area contributed by atoms with Gasteiger partial charge in [0.15, 0.2) is 0 Å². The third-order valence-electron chi connectivity index (χ3n) is 2.23. The van der Waals surface area contributed by atoms with Crippen LogP contribution in [0.15, 0.2) is 65.1 Å². The predicted molar refractivity (Wildman–Crippen MR) is 75.3 cm³/mol. The van der Waals surface area contributed by atoms with Crippen LogP contribution >= 0.6 is 15.9 Å². The fourth-order valence-electron chi connectivity index (χ4n) is 1.41. The van der Waals surface area contributed by atoms with Crippen LogP contribution in [-0.4, -0.2) is 5.97 Å². The number of esters is 1. The number of hydrogen-bond acceptors (Lipinski definition) is 2. The van der Waals surface area contributed by atoms with E-state index in [0.717, 1.165) is 10.0 Å². The minimum Gasteiger partial charge on any atom is -0.423 e. The number of halogens is 1. The first-order chi connectivity index (χ1) is 8.74. The van der Waals surface area contributed by atoms with Gasteiger partial charge in [-0.15, -0.1) is 0 Å². The molecule has 90 valence electrons. The third kappa shape index (κ3) is 3.86. The summed E-state index contributed by atoms with van der Waals surface area (Å²) in [6.45, 7) is 0. The molecule has 3 heteroatoms. The molecule has 0 aliphatic carbocycles. The summed E-state index contributed by atoms with van der Waals surface area (Å²) >= 11 is 3.32. The molecule has 2 rings (SSSR count). The van der Waals surface area contributed by atoms with E-state index in [1.807, 2.05) is 42.5 Å². The molecule has 0 heterocycles. The zero-order chi connectivity index (χ0) is 12.8. The van der Waals surface area contributed by atoms with E-state index < -0.39 is 5.97 Å². The zero-order valence-electron chi connectivity index (χ0n) is 9.55. The Labute approximate surface area is 114 Å². The molecule has 0 amide bonds. The highest BCUT2D eigenvalue weighted by Crippen LogP contribution is 2.17. The highest BCUT2D eigenvalue weighted by molar-refractivity contribution is 9.10. The molecule has 0 saturated carbocycles. The van der Waals surface area contributed by atoms with E-state index in [9.17, 15) is 4.79 Å². The zero-order valence-corrected chi connectivity index (χ0v) is 11.1. The average Bonchev–Trinajstić information content (AvgIpc) is 2.38. The molecule has 2 nitrogen and oxygen atoms in total. The molecule has 0 N–H and O–H groups in total. The van der Waals surface area contributed by atoms with Crippen LogP contribution in [0.4, 0.5) is 0 Å². The SMILES string of the molecule is O=C(C=Cc1ccccc1)Oc1cccc(Br)c1. The highest BCUT2D eigenvalue weighted by atomic mass is 79.9. The number of ether oxygens (including phenoxy) is 1. The number of rotatable bonds is 3. The maximum Gasteiger partial charge on any atom is 0.336 e. The Kier molecular flexibility index (Phi) is 4.31. The molecule has 2 aromatic rings. The molecule has 0 bridgehead atoms. The fourth-order valence-corrected chi connectivity index (χ4v) is 1.79. The predicted octanol–water partition coefficient (Wildman–Crippen LogP) is 4.07. The van der Waals surface area contributed by atoms with Crippen molar-refractivity contribution in [1.29, 1.82) is 0 Å². The smallest absolute Gasteiger partial charge is 0.336 e. The van der Waals surface area contributed by atoms with E-state index in [2.05, 4.69) is 15.9 Å². The first kappa shape index (κ1) is 12.6. The first-order valence-corrected chi connectivity index (χ1v) is 6.24. The Hall–Kier alpha value is -1.87. The minimum absolute atomic E-state index is 0.392. The summed E-state index contributed by atoms with van der Waals surface area (Å²) in [4.78, 5) is 11.6. The normalized spacial score (nSPS) is 10.5.